The number of thiocarbonyl (C=S) groups is 1. The minimum Gasteiger partial charge on any atom is -0.546 e. The monoisotopic (exact) mass is 383 g/mol. The van der Waals surface area contributed by atoms with Crippen LogP contribution in [0.2, 0.25) is 0 Å². The Morgan fingerprint density at radius 1 is 1.55 bits per heavy atom. The molecular formula is C14H12BrN2O4S-. The van der Waals surface area contributed by atoms with Crippen molar-refractivity contribution in [3.63, 3.8) is 0 Å². The number of carbonyl (C=O) groups excluding carboxylic acids is 2. The number of amides is 1. The zero-order valence-electron chi connectivity index (χ0n) is 11.6. The summed E-state index contributed by atoms with van der Waals surface area (Å²) < 4.78 is 5.93. The molecule has 1 aromatic carbocycles. The van der Waals surface area contributed by atoms with Crippen LogP contribution in [0.4, 0.5) is 0 Å². The fourth-order valence-corrected chi connectivity index (χ4v) is 2.62. The third kappa shape index (κ3) is 3.63. The van der Waals surface area contributed by atoms with E-state index in [4.69, 9.17) is 17.0 Å². The molecule has 1 amide bonds. The van der Waals surface area contributed by atoms with E-state index in [0.29, 0.717) is 28.7 Å². The predicted octanol–water partition coefficient (Wildman–Crippen LogP) is 0.655. The molecule has 0 aliphatic carbocycles. The standard InChI is InChI=1S/C14H13BrN2O4S/c1-2-17-13(20)10(16-14(17)22)6-8-5-9(15)3-4-11(8)21-7-12(18)19/h3-6H,2,7H2,1H3,(H,16,22)(H,18,19)/p-1/b10-6-. The maximum Gasteiger partial charge on any atom is 0.276 e. The number of hydrogen-bond donors (Lipinski definition) is 1. The molecular weight excluding hydrogens is 372 g/mol. The minimum absolute atomic E-state index is 0.238. The number of carboxylic acids is 1. The second kappa shape index (κ2) is 6.89. The lowest BCUT2D eigenvalue weighted by molar-refractivity contribution is -0.307. The highest BCUT2D eigenvalue weighted by Crippen LogP contribution is 2.26. The van der Waals surface area contributed by atoms with Crippen LogP contribution in [0.3, 0.4) is 0 Å². The van der Waals surface area contributed by atoms with E-state index in [9.17, 15) is 14.7 Å². The average molecular weight is 384 g/mol. The number of rotatable bonds is 5. The highest BCUT2D eigenvalue weighted by molar-refractivity contribution is 9.10. The van der Waals surface area contributed by atoms with Gasteiger partial charge in [0.05, 0.1) is 5.97 Å². The van der Waals surface area contributed by atoms with Gasteiger partial charge in [0.1, 0.15) is 18.1 Å². The number of likely N-dealkylation sites (N-methyl/N-ethyl adjacent to an activating group) is 1. The summed E-state index contributed by atoms with van der Waals surface area (Å²) >= 11 is 8.40. The number of aliphatic carboxylic acids is 1. The molecule has 2 rings (SSSR count). The summed E-state index contributed by atoms with van der Waals surface area (Å²) in [5.74, 6) is -1.23. The van der Waals surface area contributed by atoms with Crippen LogP contribution in [0.15, 0.2) is 28.4 Å². The summed E-state index contributed by atoms with van der Waals surface area (Å²) in [5, 5.41) is 13.7. The first kappa shape index (κ1) is 16.4. The molecule has 0 saturated carbocycles. The third-order valence-corrected chi connectivity index (χ3v) is 3.71. The van der Waals surface area contributed by atoms with E-state index in [-0.39, 0.29) is 5.91 Å². The molecule has 1 N–H and O–H groups in total. The van der Waals surface area contributed by atoms with Gasteiger partial charge in [0.25, 0.3) is 5.91 Å². The molecule has 0 unspecified atom stereocenters. The SMILES string of the molecule is CCN1C(=O)/C(=C/c2cc(Br)ccc2OCC(=O)[O-])NC1=S. The van der Waals surface area contributed by atoms with Crippen LogP contribution in [0.5, 0.6) is 5.75 Å². The fourth-order valence-electron chi connectivity index (χ4n) is 1.91. The van der Waals surface area contributed by atoms with E-state index in [2.05, 4.69) is 21.2 Å². The number of carboxylic acid groups (broad SMARTS) is 1. The smallest absolute Gasteiger partial charge is 0.276 e. The van der Waals surface area contributed by atoms with Gasteiger partial charge < -0.3 is 20.0 Å². The Morgan fingerprint density at radius 3 is 2.86 bits per heavy atom. The second-order valence-corrected chi connectivity index (χ2v) is 5.68. The van der Waals surface area contributed by atoms with Crippen LogP contribution in [0, 0.1) is 0 Å². The molecule has 1 fully saturated rings. The summed E-state index contributed by atoms with van der Waals surface area (Å²) in [7, 11) is 0. The zero-order valence-corrected chi connectivity index (χ0v) is 14.0. The Kier molecular flexibility index (Phi) is 5.15. The van der Waals surface area contributed by atoms with Gasteiger partial charge in [-0.3, -0.25) is 9.69 Å². The number of hydrogen-bond acceptors (Lipinski definition) is 5. The number of halogens is 1. The van der Waals surface area contributed by atoms with E-state index in [1.807, 2.05) is 6.92 Å². The molecule has 6 nitrogen and oxygen atoms in total. The number of carbonyl (C=O) groups is 2. The second-order valence-electron chi connectivity index (χ2n) is 4.38. The fraction of sp³-hybridized carbons (Fsp3) is 0.214. The van der Waals surface area contributed by atoms with E-state index < -0.39 is 12.6 Å². The maximum atomic E-state index is 12.2. The van der Waals surface area contributed by atoms with Crippen molar-refractivity contribution in [2.75, 3.05) is 13.2 Å². The summed E-state index contributed by atoms with van der Waals surface area (Å²) in [6, 6.07) is 5.03. The number of ether oxygens (including phenoxy) is 1. The Bertz CT molecular complexity index is 675. The zero-order chi connectivity index (χ0) is 16.3. The van der Waals surface area contributed by atoms with Crippen molar-refractivity contribution in [2.24, 2.45) is 0 Å². The molecule has 8 heteroatoms. The van der Waals surface area contributed by atoms with Crippen LogP contribution < -0.4 is 15.2 Å². The van der Waals surface area contributed by atoms with Crippen LogP contribution in [-0.4, -0.2) is 35.0 Å². The first-order valence-corrected chi connectivity index (χ1v) is 7.59. The lowest BCUT2D eigenvalue weighted by atomic mass is 10.1. The topological polar surface area (TPSA) is 81.7 Å². The number of nitrogens with zero attached hydrogens (tertiary/aromatic N) is 1. The Hall–Kier alpha value is -1.93. The van der Waals surface area contributed by atoms with Gasteiger partial charge in [-0.2, -0.15) is 0 Å². The van der Waals surface area contributed by atoms with Crippen molar-refractivity contribution in [3.8, 4) is 5.75 Å². The number of benzene rings is 1. The van der Waals surface area contributed by atoms with Crippen LogP contribution in [-0.2, 0) is 9.59 Å². The molecule has 1 saturated heterocycles. The third-order valence-electron chi connectivity index (χ3n) is 2.90. The van der Waals surface area contributed by atoms with E-state index in [0.717, 1.165) is 4.47 Å². The molecule has 1 aliphatic rings. The van der Waals surface area contributed by atoms with Crippen molar-refractivity contribution in [1.29, 1.82) is 0 Å². The molecule has 0 radical (unpaired) electrons. The van der Waals surface area contributed by atoms with Crippen LogP contribution in [0.1, 0.15) is 12.5 Å². The molecule has 22 heavy (non-hydrogen) atoms. The maximum absolute atomic E-state index is 12.2. The first-order valence-electron chi connectivity index (χ1n) is 6.39. The van der Waals surface area contributed by atoms with Gasteiger partial charge in [0.2, 0.25) is 0 Å². The van der Waals surface area contributed by atoms with Gasteiger partial charge in [-0.25, -0.2) is 0 Å². The molecule has 0 bridgehead atoms. The van der Waals surface area contributed by atoms with Crippen molar-refractivity contribution < 1.29 is 19.4 Å². The van der Waals surface area contributed by atoms with Gasteiger partial charge in [-0.1, -0.05) is 15.9 Å². The quantitative estimate of drug-likeness (QED) is 0.593. The highest BCUT2D eigenvalue weighted by atomic mass is 79.9. The van der Waals surface area contributed by atoms with Crippen LogP contribution in [0.25, 0.3) is 6.08 Å². The van der Waals surface area contributed by atoms with E-state index in [1.165, 1.54) is 4.90 Å². The minimum atomic E-state index is -1.32. The molecule has 0 spiro atoms. The average Bonchev–Trinajstić information content (AvgIpc) is 2.72. The van der Waals surface area contributed by atoms with E-state index >= 15 is 0 Å². The van der Waals surface area contributed by atoms with Gasteiger partial charge in [0.15, 0.2) is 5.11 Å². The molecule has 1 aromatic rings. The van der Waals surface area contributed by atoms with Gasteiger partial charge in [-0.15, -0.1) is 0 Å². The lowest BCUT2D eigenvalue weighted by Gasteiger charge is -2.11. The molecule has 116 valence electrons. The van der Waals surface area contributed by atoms with Gasteiger partial charge >= 0.3 is 0 Å². The summed E-state index contributed by atoms with van der Waals surface area (Å²) in [6.45, 7) is 1.72. The molecule has 0 atom stereocenters. The Labute approximate surface area is 140 Å². The van der Waals surface area contributed by atoms with Crippen molar-refractivity contribution in [2.45, 2.75) is 6.92 Å². The predicted molar refractivity (Wildman–Crippen MR) is 85.7 cm³/mol. The Morgan fingerprint density at radius 2 is 2.27 bits per heavy atom. The first-order chi connectivity index (χ1) is 10.4. The largest absolute Gasteiger partial charge is 0.546 e. The van der Waals surface area contributed by atoms with Crippen molar-refractivity contribution in [1.82, 2.24) is 10.2 Å². The highest BCUT2D eigenvalue weighted by Gasteiger charge is 2.29. The normalized spacial score (nSPS) is 16.1. The van der Waals surface area contributed by atoms with Crippen molar-refractivity contribution >= 4 is 51.2 Å². The molecule has 0 aromatic heterocycles. The van der Waals surface area contributed by atoms with E-state index in [1.54, 1.807) is 24.3 Å². The lowest BCUT2D eigenvalue weighted by Crippen LogP contribution is -2.30. The van der Waals surface area contributed by atoms with Crippen LogP contribution >= 0.6 is 28.1 Å². The number of nitrogens with one attached hydrogen (secondary N) is 1. The van der Waals surface area contributed by atoms with Gasteiger partial charge in [-0.05, 0) is 43.4 Å². The summed E-state index contributed by atoms with van der Waals surface area (Å²) in [6.07, 6.45) is 1.57. The molecule has 1 aliphatic heterocycles. The molecule has 1 heterocycles. The summed E-state index contributed by atoms with van der Waals surface area (Å²) in [5.41, 5.74) is 0.857. The summed E-state index contributed by atoms with van der Waals surface area (Å²) in [4.78, 5) is 24.1. The van der Waals surface area contributed by atoms with Crippen molar-refractivity contribution in [3.05, 3.63) is 33.9 Å². The van der Waals surface area contributed by atoms with Gasteiger partial charge in [0, 0.05) is 16.6 Å². The Balaban J connectivity index is 2.34.